The molecule has 1 saturated carbocycles. The lowest BCUT2D eigenvalue weighted by Crippen LogP contribution is -2.19. The number of sulfonamides is 1. The normalized spacial score (nSPS) is 18.0. The Labute approximate surface area is 168 Å². The Balaban J connectivity index is 1.75. The first kappa shape index (κ1) is 20.6. The van der Waals surface area contributed by atoms with Gasteiger partial charge in [0.2, 0.25) is 11.9 Å². The van der Waals surface area contributed by atoms with E-state index < -0.39 is 32.8 Å². The molecule has 0 bridgehead atoms. The Hall–Kier alpha value is -3.14. The third-order valence-corrected chi connectivity index (χ3v) is 6.05. The average Bonchev–Trinajstić information content (AvgIpc) is 3.46. The zero-order valence-electron chi connectivity index (χ0n) is 15.9. The maximum absolute atomic E-state index is 12.8. The first-order valence-corrected chi connectivity index (χ1v) is 10.5. The number of nitro groups is 1. The minimum absolute atomic E-state index is 0.00538. The largest absolute Gasteiger partial charge is 0.494 e. The van der Waals surface area contributed by atoms with Crippen molar-refractivity contribution < 1.29 is 22.9 Å². The number of hydrogen-bond acceptors (Lipinski definition) is 6. The quantitative estimate of drug-likeness (QED) is 0.500. The van der Waals surface area contributed by atoms with Crippen LogP contribution in [0.15, 0.2) is 47.4 Å². The van der Waals surface area contributed by atoms with Crippen LogP contribution in [0.2, 0.25) is 0 Å². The Morgan fingerprint density at radius 1 is 1.21 bits per heavy atom. The molecule has 2 aromatic rings. The monoisotopic (exact) mass is 419 g/mol. The van der Waals surface area contributed by atoms with Crippen LogP contribution in [0.4, 0.5) is 11.4 Å². The van der Waals surface area contributed by atoms with E-state index in [9.17, 15) is 23.3 Å². The number of nitrogens with zero attached hydrogens (tertiary/aromatic N) is 1. The number of ether oxygens (including phenoxy) is 1. The van der Waals surface area contributed by atoms with Gasteiger partial charge >= 0.3 is 0 Å². The van der Waals surface area contributed by atoms with Crippen molar-refractivity contribution >= 4 is 27.3 Å². The molecule has 1 aliphatic carbocycles. The van der Waals surface area contributed by atoms with E-state index in [0.29, 0.717) is 23.6 Å². The highest BCUT2D eigenvalue weighted by Gasteiger charge is 2.53. The number of rotatable bonds is 8. The predicted molar refractivity (Wildman–Crippen MR) is 107 cm³/mol. The van der Waals surface area contributed by atoms with Gasteiger partial charge in [-0.1, -0.05) is 6.07 Å². The molecule has 2 N–H and O–H groups in total. The summed E-state index contributed by atoms with van der Waals surface area (Å²) in [4.78, 5) is 22.4. The summed E-state index contributed by atoms with van der Waals surface area (Å²) >= 11 is 0. The Morgan fingerprint density at radius 2 is 1.86 bits per heavy atom. The van der Waals surface area contributed by atoms with Gasteiger partial charge in [0.1, 0.15) is 11.7 Å². The van der Waals surface area contributed by atoms with E-state index in [2.05, 4.69) is 10.0 Å². The number of aryl methyl sites for hydroxylation is 1. The predicted octanol–water partition coefficient (Wildman–Crippen LogP) is 2.80. The molecule has 2 atom stereocenters. The smallest absolute Gasteiger partial charge is 0.262 e. The minimum atomic E-state index is -3.91. The molecule has 154 valence electrons. The molecule has 1 amide bonds. The first-order chi connectivity index (χ1) is 13.7. The summed E-state index contributed by atoms with van der Waals surface area (Å²) in [7, 11) is -3.91. The summed E-state index contributed by atoms with van der Waals surface area (Å²) in [6.07, 6.45) is 0.190. The van der Waals surface area contributed by atoms with E-state index >= 15 is 0 Å². The molecule has 2 aromatic carbocycles. The van der Waals surface area contributed by atoms with Crippen molar-refractivity contribution in [3.63, 3.8) is 0 Å². The summed E-state index contributed by atoms with van der Waals surface area (Å²) in [6.45, 7) is 4.00. The van der Waals surface area contributed by atoms with Gasteiger partial charge in [-0.05, 0) is 55.8 Å². The second kappa shape index (κ2) is 8.08. The van der Waals surface area contributed by atoms with E-state index in [1.165, 1.54) is 6.07 Å². The van der Waals surface area contributed by atoms with Gasteiger partial charge in [0.15, 0.2) is 0 Å². The SMILES string of the molecule is CCOc1ccc(NS(=O)(=O)c2cc(NC(=O)C3CC3[N+](=O)[O-])ccc2C)cc1. The van der Waals surface area contributed by atoms with Gasteiger partial charge < -0.3 is 10.1 Å². The molecule has 0 radical (unpaired) electrons. The van der Waals surface area contributed by atoms with Crippen molar-refractivity contribution in [3.05, 3.63) is 58.1 Å². The minimum Gasteiger partial charge on any atom is -0.494 e. The Morgan fingerprint density at radius 3 is 2.45 bits per heavy atom. The summed E-state index contributed by atoms with van der Waals surface area (Å²) in [5, 5.41) is 13.3. The lowest BCUT2D eigenvalue weighted by Gasteiger charge is -2.13. The molecule has 1 aliphatic rings. The van der Waals surface area contributed by atoms with Crippen LogP contribution in [0.3, 0.4) is 0 Å². The van der Waals surface area contributed by atoms with Gasteiger partial charge in [0, 0.05) is 22.7 Å². The van der Waals surface area contributed by atoms with Gasteiger partial charge in [-0.2, -0.15) is 0 Å². The molecule has 10 heteroatoms. The summed E-state index contributed by atoms with van der Waals surface area (Å²) in [6, 6.07) is 10.1. The zero-order chi connectivity index (χ0) is 21.2. The first-order valence-electron chi connectivity index (χ1n) is 9.02. The van der Waals surface area contributed by atoms with Crippen molar-refractivity contribution in [2.75, 3.05) is 16.6 Å². The van der Waals surface area contributed by atoms with Gasteiger partial charge in [-0.25, -0.2) is 8.42 Å². The third kappa shape index (κ3) is 4.83. The molecule has 9 nitrogen and oxygen atoms in total. The van der Waals surface area contributed by atoms with Crippen molar-refractivity contribution in [1.82, 2.24) is 0 Å². The molecule has 1 fully saturated rings. The molecule has 0 spiro atoms. The third-order valence-electron chi connectivity index (χ3n) is 4.53. The fourth-order valence-corrected chi connectivity index (χ4v) is 4.23. The second-order valence-corrected chi connectivity index (χ2v) is 8.38. The van der Waals surface area contributed by atoms with Crippen molar-refractivity contribution in [2.45, 2.75) is 31.2 Å². The lowest BCUT2D eigenvalue weighted by molar-refractivity contribution is -0.497. The molecule has 29 heavy (non-hydrogen) atoms. The maximum atomic E-state index is 12.8. The fourth-order valence-electron chi connectivity index (χ4n) is 2.89. The van der Waals surface area contributed by atoms with Crippen molar-refractivity contribution in [3.8, 4) is 5.75 Å². The van der Waals surface area contributed by atoms with Crippen molar-refractivity contribution in [1.29, 1.82) is 0 Å². The number of carbonyl (C=O) groups is 1. The van der Waals surface area contributed by atoms with E-state index in [1.807, 2.05) is 6.92 Å². The highest BCUT2D eigenvalue weighted by atomic mass is 32.2. The maximum Gasteiger partial charge on any atom is 0.262 e. The molecule has 3 rings (SSSR count). The lowest BCUT2D eigenvalue weighted by atomic mass is 10.2. The number of anilines is 2. The molecule has 0 aliphatic heterocycles. The molecule has 0 aromatic heterocycles. The van der Waals surface area contributed by atoms with Crippen LogP contribution in [0.5, 0.6) is 5.75 Å². The molecule has 0 heterocycles. The van der Waals surface area contributed by atoms with Crippen molar-refractivity contribution in [2.24, 2.45) is 5.92 Å². The summed E-state index contributed by atoms with van der Waals surface area (Å²) < 4.78 is 33.5. The van der Waals surface area contributed by atoms with E-state index in [1.54, 1.807) is 43.3 Å². The molecule has 0 saturated heterocycles. The summed E-state index contributed by atoms with van der Waals surface area (Å²) in [5.74, 6) is -0.545. The highest BCUT2D eigenvalue weighted by Crippen LogP contribution is 2.34. The molecule has 2 unspecified atom stereocenters. The topological polar surface area (TPSA) is 128 Å². The number of carbonyl (C=O) groups excluding carboxylic acids is 1. The Kier molecular flexibility index (Phi) is 5.73. The van der Waals surface area contributed by atoms with Crippen LogP contribution in [0.25, 0.3) is 0 Å². The van der Waals surface area contributed by atoms with Crippen LogP contribution in [-0.2, 0) is 14.8 Å². The highest BCUT2D eigenvalue weighted by molar-refractivity contribution is 7.92. The zero-order valence-corrected chi connectivity index (χ0v) is 16.7. The van der Waals surface area contributed by atoms with E-state index in [-0.39, 0.29) is 17.0 Å². The van der Waals surface area contributed by atoms with Crippen LogP contribution in [0.1, 0.15) is 18.9 Å². The van der Waals surface area contributed by atoms with Crippen LogP contribution >= 0.6 is 0 Å². The standard InChI is InChI=1S/C19H21N3O6S/c1-3-28-15-8-6-13(7-9-15)21-29(26,27)18-10-14(5-4-12(18)2)20-19(23)16-11-17(16)22(24)25/h4-10,16-17,21H,3,11H2,1-2H3,(H,20,23). The number of amides is 1. The van der Waals surface area contributed by atoms with Crippen LogP contribution in [0, 0.1) is 23.0 Å². The fraction of sp³-hybridized carbons (Fsp3) is 0.316. The van der Waals surface area contributed by atoms with Crippen LogP contribution < -0.4 is 14.8 Å². The van der Waals surface area contributed by atoms with Gasteiger partial charge in [0.05, 0.1) is 11.5 Å². The number of nitrogens with one attached hydrogen (secondary N) is 2. The number of hydrogen-bond donors (Lipinski definition) is 2. The summed E-state index contributed by atoms with van der Waals surface area (Å²) in [5.41, 5.74) is 1.13. The van der Waals surface area contributed by atoms with E-state index in [0.717, 1.165) is 0 Å². The number of benzene rings is 2. The second-order valence-electron chi connectivity index (χ2n) is 6.73. The molecular weight excluding hydrogens is 398 g/mol. The van der Waals surface area contributed by atoms with Gasteiger partial charge in [-0.15, -0.1) is 0 Å². The average molecular weight is 419 g/mol. The molecular formula is C19H21N3O6S. The van der Waals surface area contributed by atoms with E-state index in [4.69, 9.17) is 4.74 Å². The van der Waals surface area contributed by atoms with Crippen LogP contribution in [-0.4, -0.2) is 31.9 Å². The van der Waals surface area contributed by atoms with Gasteiger partial charge in [0.25, 0.3) is 10.0 Å². The van der Waals surface area contributed by atoms with Gasteiger partial charge in [-0.3, -0.25) is 19.6 Å². The Bertz CT molecular complexity index is 1040.